The Labute approximate surface area is 170 Å². The Morgan fingerprint density at radius 1 is 0.966 bits per heavy atom. The van der Waals surface area contributed by atoms with E-state index >= 15 is 0 Å². The van der Waals surface area contributed by atoms with Crippen LogP contribution in [-0.2, 0) is 24.4 Å². The third-order valence-electron chi connectivity index (χ3n) is 4.72. The summed E-state index contributed by atoms with van der Waals surface area (Å²) in [5, 5.41) is 20.6. The number of benzene rings is 2. The van der Waals surface area contributed by atoms with Gasteiger partial charge in [-0.15, -0.1) is 0 Å². The van der Waals surface area contributed by atoms with Crippen molar-refractivity contribution in [2.75, 3.05) is 20.3 Å². The number of hydrogen-bond acceptors (Lipinski definition) is 5. The van der Waals surface area contributed by atoms with Crippen molar-refractivity contribution in [1.29, 1.82) is 0 Å². The number of phenols is 1. The highest BCUT2D eigenvalue weighted by molar-refractivity contribution is 5.32. The fourth-order valence-electron chi connectivity index (χ4n) is 3.32. The molecule has 0 saturated heterocycles. The zero-order valence-electron chi connectivity index (χ0n) is 16.6. The average molecular weight is 398 g/mol. The minimum atomic E-state index is -0.652. The number of aliphatic hydroxyl groups is 1. The maximum absolute atomic E-state index is 10.5. The molecule has 0 fully saturated rings. The van der Waals surface area contributed by atoms with Gasteiger partial charge >= 0.3 is 0 Å². The Bertz CT molecular complexity index is 865. The van der Waals surface area contributed by atoms with Crippen LogP contribution in [0.3, 0.4) is 0 Å². The van der Waals surface area contributed by atoms with E-state index in [-0.39, 0.29) is 12.4 Å². The summed E-state index contributed by atoms with van der Waals surface area (Å²) in [6.07, 6.45) is 0.986. The normalized spacial score (nSPS) is 13.2. The van der Waals surface area contributed by atoms with E-state index in [9.17, 15) is 10.2 Å². The first kappa shape index (κ1) is 20.9. The molecule has 29 heavy (non-hydrogen) atoms. The summed E-state index contributed by atoms with van der Waals surface area (Å²) in [7, 11) is 1.63. The molecule has 6 heteroatoms. The van der Waals surface area contributed by atoms with Crippen molar-refractivity contribution < 1.29 is 29.0 Å². The van der Waals surface area contributed by atoms with Crippen LogP contribution < -0.4 is 9.64 Å². The highest BCUT2D eigenvalue weighted by atomic mass is 16.5. The molecule has 2 atom stereocenters. The van der Waals surface area contributed by atoms with Gasteiger partial charge in [0.1, 0.15) is 37.2 Å². The molecule has 0 spiro atoms. The first-order valence-corrected chi connectivity index (χ1v) is 9.66. The van der Waals surface area contributed by atoms with E-state index < -0.39 is 6.10 Å². The summed E-state index contributed by atoms with van der Waals surface area (Å²) in [5.41, 5.74) is 1.77. The first-order valence-electron chi connectivity index (χ1n) is 9.66. The van der Waals surface area contributed by atoms with E-state index in [2.05, 4.69) is 0 Å². The zero-order valence-corrected chi connectivity index (χ0v) is 16.6. The summed E-state index contributed by atoms with van der Waals surface area (Å²) in [6, 6.07) is 18.7. The van der Waals surface area contributed by atoms with E-state index in [1.54, 1.807) is 25.5 Å². The van der Waals surface area contributed by atoms with Crippen LogP contribution in [0.2, 0.25) is 0 Å². The molecule has 1 aromatic heterocycles. The van der Waals surface area contributed by atoms with Gasteiger partial charge in [0.2, 0.25) is 0 Å². The number of methoxy groups -OCH3 is 1. The number of hydrogen-bond donors (Lipinski definition) is 3. The second-order valence-electron chi connectivity index (χ2n) is 7.00. The molecule has 6 nitrogen and oxygen atoms in total. The molecule has 0 amide bonds. The summed E-state index contributed by atoms with van der Waals surface area (Å²) in [4.78, 5) is 1.06. The van der Waals surface area contributed by atoms with Crippen LogP contribution in [0.4, 0.5) is 0 Å². The largest absolute Gasteiger partial charge is 0.507 e. The Morgan fingerprint density at radius 2 is 1.72 bits per heavy atom. The van der Waals surface area contributed by atoms with E-state index in [1.165, 1.54) is 0 Å². The number of phenolic OH excluding ortho intramolecular Hbond substituents is 1. The van der Waals surface area contributed by atoms with Crippen LogP contribution in [-0.4, -0.2) is 36.6 Å². The van der Waals surface area contributed by atoms with Gasteiger partial charge in [-0.1, -0.05) is 30.3 Å². The number of nitrogens with one attached hydrogen (secondary N) is 1. The average Bonchev–Trinajstić information content (AvgIpc) is 3.23. The number of para-hydroxylation sites is 2. The van der Waals surface area contributed by atoms with Crippen molar-refractivity contribution in [3.05, 3.63) is 83.8 Å². The predicted octanol–water partition coefficient (Wildman–Crippen LogP) is 2.16. The van der Waals surface area contributed by atoms with Crippen LogP contribution in [0.25, 0.3) is 0 Å². The summed E-state index contributed by atoms with van der Waals surface area (Å²) in [5.74, 6) is 1.86. The van der Waals surface area contributed by atoms with E-state index in [0.29, 0.717) is 26.2 Å². The maximum Gasteiger partial charge on any atom is 0.157 e. The Hall–Kier alpha value is -2.80. The molecule has 3 aromatic rings. The Balaban J connectivity index is 1.57. The van der Waals surface area contributed by atoms with Gasteiger partial charge in [-0.3, -0.25) is 0 Å². The number of rotatable bonds is 11. The van der Waals surface area contributed by atoms with Crippen molar-refractivity contribution in [2.45, 2.75) is 25.8 Å². The molecule has 0 aliphatic carbocycles. The molecular formula is C23H28NO5+. The predicted molar refractivity (Wildman–Crippen MR) is 109 cm³/mol. The minimum absolute atomic E-state index is 0.209. The fourth-order valence-corrected chi connectivity index (χ4v) is 3.32. The molecule has 1 heterocycles. The summed E-state index contributed by atoms with van der Waals surface area (Å²) < 4.78 is 16.5. The quantitative estimate of drug-likeness (QED) is 0.462. The third kappa shape index (κ3) is 6.35. The van der Waals surface area contributed by atoms with Crippen molar-refractivity contribution in [3.63, 3.8) is 0 Å². The van der Waals surface area contributed by atoms with Gasteiger partial charge in [-0.05, 0) is 30.3 Å². The van der Waals surface area contributed by atoms with E-state index in [1.807, 2.05) is 48.5 Å². The van der Waals surface area contributed by atoms with Gasteiger partial charge in [0, 0.05) is 11.1 Å². The molecule has 0 radical (unpaired) electrons. The highest BCUT2D eigenvalue weighted by Gasteiger charge is 2.19. The maximum atomic E-state index is 10.5. The zero-order chi connectivity index (χ0) is 20.5. The summed E-state index contributed by atoms with van der Waals surface area (Å²) in [6.45, 7) is 2.21. The Morgan fingerprint density at radius 3 is 2.45 bits per heavy atom. The van der Waals surface area contributed by atoms with Crippen molar-refractivity contribution >= 4 is 0 Å². The number of aliphatic hydroxyl groups excluding tert-OH is 1. The van der Waals surface area contributed by atoms with Crippen LogP contribution in [0.1, 0.15) is 16.9 Å². The molecule has 1 unspecified atom stereocenters. The topological polar surface area (TPSA) is 76.5 Å². The standard InChI is InChI=1S/C23H27NO5/c1-27-23-11-5-3-8-19(23)16-28-17-20(25)14-24(15-21-9-6-12-29-21)13-18-7-2-4-10-22(18)26/h2-12,20,25-26H,13-17H2,1H3/p+1/t20-/m1/s1. The number of ether oxygens (including phenoxy) is 2. The van der Waals surface area contributed by atoms with Gasteiger partial charge in [0.15, 0.2) is 5.76 Å². The van der Waals surface area contributed by atoms with Gasteiger partial charge in [-0.2, -0.15) is 0 Å². The second-order valence-corrected chi connectivity index (χ2v) is 7.00. The van der Waals surface area contributed by atoms with Gasteiger partial charge in [0.25, 0.3) is 0 Å². The minimum Gasteiger partial charge on any atom is -0.507 e. The SMILES string of the molecule is COc1ccccc1COC[C@H](O)C[NH+](Cc1ccco1)Cc1ccccc1O. The van der Waals surface area contributed by atoms with Crippen molar-refractivity contribution in [3.8, 4) is 11.5 Å². The third-order valence-corrected chi connectivity index (χ3v) is 4.72. The number of aromatic hydroxyl groups is 1. The molecule has 2 aromatic carbocycles. The lowest BCUT2D eigenvalue weighted by molar-refractivity contribution is -0.931. The first-order chi connectivity index (χ1) is 14.2. The van der Waals surface area contributed by atoms with Crippen LogP contribution >= 0.6 is 0 Å². The van der Waals surface area contributed by atoms with Crippen LogP contribution in [0.15, 0.2) is 71.3 Å². The van der Waals surface area contributed by atoms with Gasteiger partial charge in [0.05, 0.1) is 26.6 Å². The van der Waals surface area contributed by atoms with E-state index in [4.69, 9.17) is 13.9 Å². The van der Waals surface area contributed by atoms with Crippen molar-refractivity contribution in [1.82, 2.24) is 0 Å². The molecule has 3 rings (SSSR count). The molecule has 0 aliphatic rings. The lowest BCUT2D eigenvalue weighted by Gasteiger charge is -2.22. The molecule has 0 saturated carbocycles. The lowest BCUT2D eigenvalue weighted by atomic mass is 10.1. The van der Waals surface area contributed by atoms with Crippen LogP contribution in [0, 0.1) is 0 Å². The molecular weight excluding hydrogens is 370 g/mol. The Kier molecular flexibility index (Phi) is 7.69. The second kappa shape index (κ2) is 10.7. The number of furan rings is 1. The van der Waals surface area contributed by atoms with Gasteiger partial charge < -0.3 is 29.0 Å². The number of quaternary nitrogens is 1. The molecule has 154 valence electrons. The molecule has 3 N–H and O–H groups in total. The smallest absolute Gasteiger partial charge is 0.157 e. The highest BCUT2D eigenvalue weighted by Crippen LogP contribution is 2.18. The van der Waals surface area contributed by atoms with Crippen molar-refractivity contribution in [2.24, 2.45) is 0 Å². The van der Waals surface area contributed by atoms with Crippen LogP contribution in [0.5, 0.6) is 11.5 Å². The monoisotopic (exact) mass is 398 g/mol. The molecule has 0 bridgehead atoms. The van der Waals surface area contributed by atoms with E-state index in [0.717, 1.165) is 27.5 Å². The fraction of sp³-hybridized carbons (Fsp3) is 0.304. The van der Waals surface area contributed by atoms with Gasteiger partial charge in [-0.25, -0.2) is 0 Å². The lowest BCUT2D eigenvalue weighted by Crippen LogP contribution is -3.10. The summed E-state index contributed by atoms with van der Waals surface area (Å²) >= 11 is 0. The molecule has 0 aliphatic heterocycles.